The van der Waals surface area contributed by atoms with Gasteiger partial charge in [-0.1, -0.05) is 30.3 Å². The molecular formula is C18H22FNO3S. The fourth-order valence-electron chi connectivity index (χ4n) is 2.72. The van der Waals surface area contributed by atoms with Gasteiger partial charge in [0.25, 0.3) is 0 Å². The van der Waals surface area contributed by atoms with Crippen LogP contribution in [-0.2, 0) is 10.0 Å². The Hall–Kier alpha value is -1.76. The van der Waals surface area contributed by atoms with Crippen molar-refractivity contribution in [2.75, 3.05) is 13.2 Å². The fraction of sp³-hybridized carbons (Fsp3) is 0.333. The van der Waals surface area contributed by atoms with Gasteiger partial charge < -0.3 is 5.11 Å². The van der Waals surface area contributed by atoms with Crippen molar-refractivity contribution in [2.45, 2.75) is 30.6 Å². The first-order valence-corrected chi connectivity index (χ1v) is 9.34. The van der Waals surface area contributed by atoms with E-state index in [1.807, 2.05) is 30.3 Å². The van der Waals surface area contributed by atoms with Crippen molar-refractivity contribution in [1.29, 1.82) is 0 Å². The van der Waals surface area contributed by atoms with Gasteiger partial charge in [-0.05, 0) is 55.0 Å². The van der Waals surface area contributed by atoms with Crippen LogP contribution in [0.2, 0.25) is 0 Å². The molecule has 130 valence electrons. The molecule has 2 N–H and O–H groups in total. The molecule has 0 amide bonds. The van der Waals surface area contributed by atoms with Crippen LogP contribution in [0.4, 0.5) is 4.39 Å². The molecule has 0 aliphatic carbocycles. The van der Waals surface area contributed by atoms with Crippen LogP contribution in [0, 0.1) is 12.7 Å². The number of hydrogen-bond donors (Lipinski definition) is 2. The third-order valence-corrected chi connectivity index (χ3v) is 5.58. The van der Waals surface area contributed by atoms with E-state index < -0.39 is 15.8 Å². The van der Waals surface area contributed by atoms with E-state index >= 15 is 0 Å². The summed E-state index contributed by atoms with van der Waals surface area (Å²) in [6.45, 7) is 1.86. The van der Waals surface area contributed by atoms with E-state index in [1.54, 1.807) is 6.92 Å². The van der Waals surface area contributed by atoms with Crippen LogP contribution in [0.15, 0.2) is 53.4 Å². The number of halogens is 1. The van der Waals surface area contributed by atoms with Gasteiger partial charge in [-0.15, -0.1) is 0 Å². The Labute approximate surface area is 142 Å². The average molecular weight is 351 g/mol. The predicted molar refractivity (Wildman–Crippen MR) is 91.8 cm³/mol. The molecule has 0 aliphatic heterocycles. The lowest BCUT2D eigenvalue weighted by molar-refractivity contribution is 0.273. The van der Waals surface area contributed by atoms with Crippen LogP contribution in [-0.4, -0.2) is 26.7 Å². The molecule has 0 bridgehead atoms. The summed E-state index contributed by atoms with van der Waals surface area (Å²) in [5.41, 5.74) is 1.45. The van der Waals surface area contributed by atoms with Crippen molar-refractivity contribution < 1.29 is 17.9 Å². The van der Waals surface area contributed by atoms with Crippen molar-refractivity contribution in [3.8, 4) is 0 Å². The number of rotatable bonds is 8. The number of hydrogen-bond acceptors (Lipinski definition) is 3. The highest BCUT2D eigenvalue weighted by atomic mass is 32.2. The number of aliphatic hydroxyl groups is 1. The second-order valence-corrected chi connectivity index (χ2v) is 7.45. The first-order valence-electron chi connectivity index (χ1n) is 7.85. The molecule has 0 saturated heterocycles. The highest BCUT2D eigenvalue weighted by molar-refractivity contribution is 7.89. The van der Waals surface area contributed by atoms with E-state index in [2.05, 4.69) is 4.72 Å². The van der Waals surface area contributed by atoms with Crippen molar-refractivity contribution in [2.24, 2.45) is 0 Å². The summed E-state index contributed by atoms with van der Waals surface area (Å²) in [4.78, 5) is 0.0855. The summed E-state index contributed by atoms with van der Waals surface area (Å²) in [6.07, 6.45) is 1.14. The van der Waals surface area contributed by atoms with Gasteiger partial charge in [0.15, 0.2) is 0 Å². The Kier molecular flexibility index (Phi) is 6.48. The highest BCUT2D eigenvalue weighted by Crippen LogP contribution is 2.23. The minimum Gasteiger partial charge on any atom is -0.396 e. The molecule has 2 rings (SSSR count). The number of benzene rings is 2. The van der Waals surface area contributed by atoms with Gasteiger partial charge in [0.2, 0.25) is 10.0 Å². The largest absolute Gasteiger partial charge is 0.396 e. The number of aliphatic hydroxyl groups excluding tert-OH is 1. The van der Waals surface area contributed by atoms with Gasteiger partial charge >= 0.3 is 0 Å². The maximum atomic E-state index is 13.1. The quantitative estimate of drug-likeness (QED) is 0.768. The molecule has 0 spiro atoms. The van der Waals surface area contributed by atoms with E-state index in [-0.39, 0.29) is 24.0 Å². The molecular weight excluding hydrogens is 329 g/mol. The summed E-state index contributed by atoms with van der Waals surface area (Å²) in [5, 5.41) is 9.22. The Balaban J connectivity index is 2.03. The Morgan fingerprint density at radius 1 is 1.12 bits per heavy atom. The smallest absolute Gasteiger partial charge is 0.240 e. The number of aryl methyl sites for hydroxylation is 1. The zero-order valence-corrected chi connectivity index (χ0v) is 14.4. The van der Waals surface area contributed by atoms with Crippen LogP contribution < -0.4 is 4.72 Å². The van der Waals surface area contributed by atoms with Crippen LogP contribution in [0.25, 0.3) is 0 Å². The molecule has 2 aromatic carbocycles. The number of nitrogens with one attached hydrogen (secondary N) is 1. The summed E-state index contributed by atoms with van der Waals surface area (Å²) in [6, 6.07) is 13.3. The lowest BCUT2D eigenvalue weighted by atomic mass is 9.93. The Morgan fingerprint density at radius 2 is 1.83 bits per heavy atom. The lowest BCUT2D eigenvalue weighted by Crippen LogP contribution is -2.26. The molecule has 6 heteroatoms. The molecule has 1 atom stereocenters. The molecule has 1 unspecified atom stereocenters. The molecule has 0 radical (unpaired) electrons. The average Bonchev–Trinajstić information content (AvgIpc) is 2.54. The topological polar surface area (TPSA) is 66.4 Å². The molecule has 0 heterocycles. The molecule has 4 nitrogen and oxygen atoms in total. The van der Waals surface area contributed by atoms with Gasteiger partial charge in [0.1, 0.15) is 5.82 Å². The predicted octanol–water partition coefficient (Wildman–Crippen LogP) is 2.97. The van der Waals surface area contributed by atoms with Gasteiger partial charge in [0, 0.05) is 13.2 Å². The minimum absolute atomic E-state index is 0.0450. The highest BCUT2D eigenvalue weighted by Gasteiger charge is 2.18. The molecule has 0 aromatic heterocycles. The Bertz CT molecular complexity index is 763. The molecule has 0 saturated carbocycles. The van der Waals surface area contributed by atoms with E-state index in [1.165, 1.54) is 12.1 Å². The van der Waals surface area contributed by atoms with Crippen LogP contribution in [0.5, 0.6) is 0 Å². The summed E-state index contributed by atoms with van der Waals surface area (Å²) in [5.74, 6) is -0.383. The van der Waals surface area contributed by atoms with E-state index in [4.69, 9.17) is 0 Å². The summed E-state index contributed by atoms with van der Waals surface area (Å²) >= 11 is 0. The van der Waals surface area contributed by atoms with Crippen LogP contribution in [0.3, 0.4) is 0 Å². The lowest BCUT2D eigenvalue weighted by Gasteiger charge is -2.17. The zero-order chi connectivity index (χ0) is 17.6. The molecule has 24 heavy (non-hydrogen) atoms. The summed E-state index contributed by atoms with van der Waals surface area (Å²) in [7, 11) is -3.68. The SMILES string of the molecule is Cc1cc(F)ccc1S(=O)(=O)NCCC(CCO)c1ccccc1. The van der Waals surface area contributed by atoms with E-state index in [9.17, 15) is 17.9 Å². The van der Waals surface area contributed by atoms with E-state index in [0.29, 0.717) is 18.4 Å². The summed E-state index contributed by atoms with van der Waals surface area (Å²) < 4.78 is 40.4. The molecule has 2 aromatic rings. The van der Waals surface area contributed by atoms with E-state index in [0.717, 1.165) is 11.6 Å². The first-order chi connectivity index (χ1) is 11.4. The fourth-order valence-corrected chi connectivity index (χ4v) is 3.99. The van der Waals surface area contributed by atoms with Crippen molar-refractivity contribution in [3.63, 3.8) is 0 Å². The normalized spacial score (nSPS) is 13.0. The molecule has 0 aliphatic rings. The standard InChI is InChI=1S/C18H22FNO3S/c1-14-13-17(19)7-8-18(14)24(22,23)20-11-9-16(10-12-21)15-5-3-2-4-6-15/h2-8,13,16,20-21H,9-12H2,1H3. The second kappa shape index (κ2) is 8.37. The van der Waals surface area contributed by atoms with Crippen molar-refractivity contribution in [3.05, 3.63) is 65.5 Å². The van der Waals surface area contributed by atoms with Gasteiger partial charge in [-0.25, -0.2) is 17.5 Å². The van der Waals surface area contributed by atoms with Gasteiger partial charge in [-0.3, -0.25) is 0 Å². The van der Waals surface area contributed by atoms with Gasteiger partial charge in [0.05, 0.1) is 4.90 Å². The van der Waals surface area contributed by atoms with Gasteiger partial charge in [-0.2, -0.15) is 0 Å². The zero-order valence-electron chi connectivity index (χ0n) is 13.6. The first kappa shape index (κ1) is 18.6. The third-order valence-electron chi connectivity index (χ3n) is 3.96. The van der Waals surface area contributed by atoms with Crippen LogP contribution >= 0.6 is 0 Å². The van der Waals surface area contributed by atoms with Crippen molar-refractivity contribution in [1.82, 2.24) is 4.72 Å². The maximum absolute atomic E-state index is 13.1. The Morgan fingerprint density at radius 3 is 2.46 bits per heavy atom. The monoisotopic (exact) mass is 351 g/mol. The third kappa shape index (κ3) is 4.87. The second-order valence-electron chi connectivity index (χ2n) is 5.72. The molecule has 0 fully saturated rings. The van der Waals surface area contributed by atoms with Crippen molar-refractivity contribution >= 4 is 10.0 Å². The maximum Gasteiger partial charge on any atom is 0.240 e. The van der Waals surface area contributed by atoms with Crippen LogP contribution in [0.1, 0.15) is 29.9 Å². The minimum atomic E-state index is -3.68. The number of sulfonamides is 1.